The predicted octanol–water partition coefficient (Wildman–Crippen LogP) is 1.21. The largest absolute Gasteiger partial charge is 0.497 e. The van der Waals surface area contributed by atoms with Gasteiger partial charge in [0.15, 0.2) is 6.10 Å². The molecule has 1 aliphatic rings. The monoisotopic (exact) mass is 220 g/mol. The van der Waals surface area contributed by atoms with Crippen molar-refractivity contribution in [3.63, 3.8) is 0 Å². The molecule has 0 saturated carbocycles. The summed E-state index contributed by atoms with van der Waals surface area (Å²) in [6.45, 7) is 0. The van der Waals surface area contributed by atoms with Gasteiger partial charge in [0.2, 0.25) is 0 Å². The van der Waals surface area contributed by atoms with Crippen LogP contribution < -0.4 is 4.74 Å². The predicted molar refractivity (Wildman–Crippen MR) is 57.0 cm³/mol. The molecule has 16 heavy (non-hydrogen) atoms. The van der Waals surface area contributed by atoms with Gasteiger partial charge >= 0.3 is 5.97 Å². The number of rotatable bonds is 2. The van der Waals surface area contributed by atoms with Crippen molar-refractivity contribution >= 4 is 5.97 Å². The fourth-order valence-electron chi connectivity index (χ4n) is 1.57. The Morgan fingerprint density at radius 2 is 2.00 bits per heavy atom. The molecule has 1 heterocycles. The van der Waals surface area contributed by atoms with Crippen LogP contribution >= 0.6 is 0 Å². The van der Waals surface area contributed by atoms with Crippen LogP contribution in [-0.2, 0) is 9.53 Å². The highest BCUT2D eigenvalue weighted by Gasteiger charge is 2.26. The molecule has 0 amide bonds. The first-order chi connectivity index (χ1) is 7.70. The topological polar surface area (TPSA) is 55.8 Å². The minimum absolute atomic E-state index is 0.439. The number of benzene rings is 1. The zero-order chi connectivity index (χ0) is 11.5. The first kappa shape index (κ1) is 10.7. The lowest BCUT2D eigenvalue weighted by atomic mass is 10.0. The van der Waals surface area contributed by atoms with Gasteiger partial charge in [0, 0.05) is 6.08 Å². The van der Waals surface area contributed by atoms with Crippen molar-refractivity contribution in [3.05, 3.63) is 42.0 Å². The summed E-state index contributed by atoms with van der Waals surface area (Å²) >= 11 is 0. The lowest BCUT2D eigenvalue weighted by Gasteiger charge is -2.23. The van der Waals surface area contributed by atoms with E-state index < -0.39 is 18.2 Å². The molecule has 0 bridgehead atoms. The van der Waals surface area contributed by atoms with Gasteiger partial charge in [0.05, 0.1) is 7.11 Å². The lowest BCUT2D eigenvalue weighted by Crippen LogP contribution is -2.25. The standard InChI is InChI=1S/C12H12O4/c1-15-9-4-2-8(3-5-9)12-10(13)6-7-11(14)16-12/h2-7,10,12-13H,1H3/t10-,12-/m1/s1. The molecule has 0 fully saturated rings. The number of cyclic esters (lactones) is 1. The summed E-state index contributed by atoms with van der Waals surface area (Å²) in [6, 6.07) is 7.04. The highest BCUT2D eigenvalue weighted by molar-refractivity contribution is 5.83. The fourth-order valence-corrected chi connectivity index (χ4v) is 1.57. The summed E-state index contributed by atoms with van der Waals surface area (Å²) in [4.78, 5) is 11.1. The number of hydrogen-bond acceptors (Lipinski definition) is 4. The lowest BCUT2D eigenvalue weighted by molar-refractivity contribution is -0.150. The maximum Gasteiger partial charge on any atom is 0.331 e. The van der Waals surface area contributed by atoms with Crippen LogP contribution in [0.15, 0.2) is 36.4 Å². The number of aliphatic hydroxyl groups is 1. The molecule has 2 atom stereocenters. The Hall–Kier alpha value is -1.81. The van der Waals surface area contributed by atoms with Crippen LogP contribution in [0.4, 0.5) is 0 Å². The van der Waals surface area contributed by atoms with E-state index in [4.69, 9.17) is 9.47 Å². The summed E-state index contributed by atoms with van der Waals surface area (Å²) in [5.41, 5.74) is 0.742. The number of ether oxygens (including phenoxy) is 2. The summed E-state index contributed by atoms with van der Waals surface area (Å²) in [5, 5.41) is 9.67. The van der Waals surface area contributed by atoms with E-state index in [0.717, 1.165) is 11.3 Å². The van der Waals surface area contributed by atoms with Crippen molar-refractivity contribution in [3.8, 4) is 5.75 Å². The van der Waals surface area contributed by atoms with Gasteiger partial charge in [-0.3, -0.25) is 0 Å². The first-order valence-electron chi connectivity index (χ1n) is 4.91. The average molecular weight is 220 g/mol. The Balaban J connectivity index is 2.23. The van der Waals surface area contributed by atoms with Crippen LogP contribution in [-0.4, -0.2) is 24.3 Å². The number of esters is 1. The van der Waals surface area contributed by atoms with E-state index in [1.807, 2.05) is 0 Å². The molecule has 4 nitrogen and oxygen atoms in total. The van der Waals surface area contributed by atoms with E-state index in [9.17, 15) is 9.90 Å². The van der Waals surface area contributed by atoms with Crippen molar-refractivity contribution in [1.29, 1.82) is 0 Å². The number of hydrogen-bond donors (Lipinski definition) is 1. The SMILES string of the molecule is COc1ccc([C@H]2OC(=O)C=C[C@H]2O)cc1. The Morgan fingerprint density at radius 1 is 1.31 bits per heavy atom. The second-order valence-electron chi connectivity index (χ2n) is 3.48. The van der Waals surface area contributed by atoms with Crippen LogP contribution in [0.5, 0.6) is 5.75 Å². The van der Waals surface area contributed by atoms with Gasteiger partial charge in [-0.15, -0.1) is 0 Å². The maximum atomic E-state index is 11.1. The number of aliphatic hydroxyl groups excluding tert-OH is 1. The van der Waals surface area contributed by atoms with Crippen molar-refractivity contribution < 1.29 is 19.4 Å². The summed E-state index contributed by atoms with van der Waals surface area (Å²) < 4.78 is 10.1. The molecule has 0 aromatic heterocycles. The van der Waals surface area contributed by atoms with E-state index in [1.54, 1.807) is 31.4 Å². The highest BCUT2D eigenvalue weighted by atomic mass is 16.6. The summed E-state index contributed by atoms with van der Waals surface area (Å²) in [5.74, 6) is 0.280. The van der Waals surface area contributed by atoms with Gasteiger partial charge in [-0.1, -0.05) is 12.1 Å². The maximum absolute atomic E-state index is 11.1. The van der Waals surface area contributed by atoms with Gasteiger partial charge in [0.25, 0.3) is 0 Å². The first-order valence-corrected chi connectivity index (χ1v) is 4.91. The van der Waals surface area contributed by atoms with Crippen LogP contribution in [0.1, 0.15) is 11.7 Å². The van der Waals surface area contributed by atoms with Crippen molar-refractivity contribution in [2.24, 2.45) is 0 Å². The van der Waals surface area contributed by atoms with Crippen LogP contribution in [0.3, 0.4) is 0 Å². The molecule has 2 rings (SSSR count). The highest BCUT2D eigenvalue weighted by Crippen LogP contribution is 2.26. The van der Waals surface area contributed by atoms with Gasteiger partial charge in [0.1, 0.15) is 11.9 Å². The zero-order valence-electron chi connectivity index (χ0n) is 8.79. The van der Waals surface area contributed by atoms with E-state index in [0.29, 0.717) is 0 Å². The van der Waals surface area contributed by atoms with E-state index in [2.05, 4.69) is 0 Å². The summed E-state index contributed by atoms with van der Waals surface area (Å²) in [7, 11) is 1.58. The third-order valence-electron chi connectivity index (χ3n) is 2.43. The second kappa shape index (κ2) is 4.37. The normalized spacial score (nSPS) is 24.0. The Bertz CT molecular complexity index is 408. The molecule has 1 N–H and O–H groups in total. The average Bonchev–Trinajstić information content (AvgIpc) is 2.32. The van der Waals surface area contributed by atoms with Crippen LogP contribution in [0.25, 0.3) is 0 Å². The van der Waals surface area contributed by atoms with E-state index in [-0.39, 0.29) is 0 Å². The zero-order valence-corrected chi connectivity index (χ0v) is 8.79. The third-order valence-corrected chi connectivity index (χ3v) is 2.43. The minimum atomic E-state index is -0.800. The second-order valence-corrected chi connectivity index (χ2v) is 3.48. The molecule has 0 unspecified atom stereocenters. The molecule has 84 valence electrons. The molecule has 1 aliphatic heterocycles. The van der Waals surface area contributed by atoms with Crippen LogP contribution in [0.2, 0.25) is 0 Å². The Labute approximate surface area is 93.1 Å². The number of carbonyl (C=O) groups excluding carboxylic acids is 1. The van der Waals surface area contributed by atoms with Gasteiger partial charge in [-0.05, 0) is 23.8 Å². The van der Waals surface area contributed by atoms with Crippen molar-refractivity contribution in [1.82, 2.24) is 0 Å². The van der Waals surface area contributed by atoms with Crippen LogP contribution in [0, 0.1) is 0 Å². The molecular weight excluding hydrogens is 208 g/mol. The van der Waals surface area contributed by atoms with Gasteiger partial charge < -0.3 is 14.6 Å². The molecular formula is C12H12O4. The molecule has 1 aromatic carbocycles. The van der Waals surface area contributed by atoms with E-state index in [1.165, 1.54) is 12.2 Å². The molecule has 0 saturated heterocycles. The molecule has 0 radical (unpaired) electrons. The molecule has 0 spiro atoms. The minimum Gasteiger partial charge on any atom is -0.497 e. The summed E-state index contributed by atoms with van der Waals surface area (Å²) in [6.07, 6.45) is 1.22. The fraction of sp³-hybridized carbons (Fsp3) is 0.250. The van der Waals surface area contributed by atoms with Gasteiger partial charge in [-0.25, -0.2) is 4.79 Å². The van der Waals surface area contributed by atoms with E-state index >= 15 is 0 Å². The number of carbonyl (C=O) groups is 1. The number of methoxy groups -OCH3 is 1. The van der Waals surface area contributed by atoms with Gasteiger partial charge in [-0.2, -0.15) is 0 Å². The quantitative estimate of drug-likeness (QED) is 0.761. The molecule has 0 aliphatic carbocycles. The third kappa shape index (κ3) is 2.06. The molecule has 1 aromatic rings. The Kier molecular flexibility index (Phi) is 2.92. The molecule has 4 heteroatoms. The van der Waals surface area contributed by atoms with Crippen molar-refractivity contribution in [2.75, 3.05) is 7.11 Å². The smallest absolute Gasteiger partial charge is 0.331 e. The van der Waals surface area contributed by atoms with Crippen molar-refractivity contribution in [2.45, 2.75) is 12.2 Å². The Morgan fingerprint density at radius 3 is 2.62 bits per heavy atom.